The molecule has 0 aliphatic carbocycles. The van der Waals surface area contributed by atoms with Crippen molar-refractivity contribution in [2.24, 2.45) is 0 Å². The van der Waals surface area contributed by atoms with Crippen molar-refractivity contribution in [1.29, 1.82) is 0 Å². The Bertz CT molecular complexity index is 821. The van der Waals surface area contributed by atoms with E-state index in [1.54, 1.807) is 20.8 Å². The molecule has 0 radical (unpaired) electrons. The first kappa shape index (κ1) is 19.2. The summed E-state index contributed by atoms with van der Waals surface area (Å²) in [7, 11) is 0. The Kier molecular flexibility index (Phi) is 5.08. The van der Waals surface area contributed by atoms with Crippen LogP contribution in [0.5, 0.6) is 0 Å². The van der Waals surface area contributed by atoms with E-state index in [-0.39, 0.29) is 6.61 Å². The normalized spacial score (nSPS) is 30.8. The van der Waals surface area contributed by atoms with E-state index < -0.39 is 58.2 Å². The number of rotatable bonds is 4. The molecule has 2 aliphatic heterocycles. The molecule has 0 spiro atoms. The number of aromatic amines is 1. The van der Waals surface area contributed by atoms with Gasteiger partial charge in [-0.2, -0.15) is 4.39 Å². The second-order valence-electron chi connectivity index (χ2n) is 6.52. The van der Waals surface area contributed by atoms with E-state index in [0.29, 0.717) is 0 Å². The van der Waals surface area contributed by atoms with Gasteiger partial charge < -0.3 is 18.9 Å². The molecule has 26 heavy (non-hydrogen) atoms. The number of nitrogens with zero attached hydrogens (tertiary/aromatic N) is 1. The first-order valence-corrected chi connectivity index (χ1v) is 8.83. The highest BCUT2D eigenvalue weighted by Gasteiger charge is 2.56. The number of nitrogens with one attached hydrogen (secondary N) is 1. The van der Waals surface area contributed by atoms with Crippen LogP contribution < -0.4 is 11.2 Å². The number of ether oxygens (including phenoxy) is 4. The summed E-state index contributed by atoms with van der Waals surface area (Å²) in [5.74, 6) is -2.59. The van der Waals surface area contributed by atoms with E-state index in [4.69, 9.17) is 18.9 Å². The minimum absolute atomic E-state index is 0.132. The second-order valence-corrected chi connectivity index (χ2v) is 7.89. The average molecular weight is 437 g/mol. The van der Waals surface area contributed by atoms with Crippen molar-refractivity contribution in [2.75, 3.05) is 6.61 Å². The lowest BCUT2D eigenvalue weighted by atomic mass is 10.1. The molecule has 0 bridgehead atoms. The standard InChI is InChI=1S/C15H18BrFN2O7/c1-6(16)13(21)23-5-8-9-10(26-15(2,3)25-9)12(24-8)19-4-7(17)11(20)18-14(19)22/h4,6,8-10,12H,5H2,1-3H3,(H,18,20,22)/t6?,8-,9-,10-,12-/m1/s1. The first-order chi connectivity index (χ1) is 12.1. The van der Waals surface area contributed by atoms with Gasteiger partial charge in [0.05, 0.1) is 6.20 Å². The predicted molar refractivity (Wildman–Crippen MR) is 88.4 cm³/mol. The molecule has 2 fully saturated rings. The van der Waals surface area contributed by atoms with Gasteiger partial charge in [0.1, 0.15) is 29.7 Å². The summed E-state index contributed by atoms with van der Waals surface area (Å²) in [6.45, 7) is 4.85. The summed E-state index contributed by atoms with van der Waals surface area (Å²) in [5.41, 5.74) is -1.97. The highest BCUT2D eigenvalue weighted by Crippen LogP contribution is 2.42. The Morgan fingerprint density at radius 2 is 2.08 bits per heavy atom. The van der Waals surface area contributed by atoms with Gasteiger partial charge >= 0.3 is 11.7 Å². The molecule has 9 nitrogen and oxygen atoms in total. The van der Waals surface area contributed by atoms with Gasteiger partial charge in [-0.1, -0.05) is 15.9 Å². The van der Waals surface area contributed by atoms with Gasteiger partial charge in [0.2, 0.25) is 5.82 Å². The Morgan fingerprint density at radius 3 is 2.73 bits per heavy atom. The van der Waals surface area contributed by atoms with Crippen molar-refractivity contribution in [3.8, 4) is 0 Å². The third kappa shape index (κ3) is 3.61. The van der Waals surface area contributed by atoms with E-state index in [1.165, 1.54) is 0 Å². The van der Waals surface area contributed by atoms with Crippen LogP contribution in [-0.4, -0.2) is 51.1 Å². The van der Waals surface area contributed by atoms with Crippen LogP contribution in [-0.2, 0) is 23.7 Å². The number of halogens is 2. The molecular weight excluding hydrogens is 419 g/mol. The van der Waals surface area contributed by atoms with Crippen LogP contribution in [0.25, 0.3) is 0 Å². The third-order valence-corrected chi connectivity index (χ3v) is 4.41. The topological polar surface area (TPSA) is 109 Å². The molecule has 3 rings (SSSR count). The van der Waals surface area contributed by atoms with Gasteiger partial charge in [-0.05, 0) is 20.8 Å². The van der Waals surface area contributed by atoms with Gasteiger partial charge in [0.15, 0.2) is 12.0 Å². The molecule has 3 heterocycles. The molecule has 1 aromatic heterocycles. The van der Waals surface area contributed by atoms with Crippen LogP contribution in [0.15, 0.2) is 15.8 Å². The Morgan fingerprint density at radius 1 is 1.42 bits per heavy atom. The molecule has 0 saturated carbocycles. The van der Waals surface area contributed by atoms with Crippen molar-refractivity contribution in [3.63, 3.8) is 0 Å². The number of esters is 1. The molecule has 1 unspecified atom stereocenters. The molecule has 144 valence electrons. The monoisotopic (exact) mass is 436 g/mol. The van der Waals surface area contributed by atoms with E-state index in [2.05, 4.69) is 15.9 Å². The van der Waals surface area contributed by atoms with Crippen molar-refractivity contribution in [2.45, 2.75) is 55.9 Å². The van der Waals surface area contributed by atoms with Crippen LogP contribution in [0.2, 0.25) is 0 Å². The maximum atomic E-state index is 13.6. The van der Waals surface area contributed by atoms with Crippen molar-refractivity contribution < 1.29 is 28.1 Å². The van der Waals surface area contributed by atoms with E-state index >= 15 is 0 Å². The Balaban J connectivity index is 1.88. The molecular formula is C15H18BrFN2O7. The number of aromatic nitrogens is 2. The summed E-state index contributed by atoms with van der Waals surface area (Å²) in [6, 6.07) is 0. The average Bonchev–Trinajstić information content (AvgIpc) is 3.02. The number of hydrogen-bond donors (Lipinski definition) is 1. The SMILES string of the molecule is CC(Br)C(=O)OC[C@H]1O[C@@H](n2cc(F)c(=O)[nH]c2=O)[C@@H]2OC(C)(C)O[C@@H]21. The van der Waals surface area contributed by atoms with Gasteiger partial charge in [-0.3, -0.25) is 19.1 Å². The molecule has 5 atom stereocenters. The molecule has 2 aliphatic rings. The number of fused-ring (bicyclic) bond motifs is 1. The summed E-state index contributed by atoms with van der Waals surface area (Å²) >= 11 is 3.10. The van der Waals surface area contributed by atoms with Crippen molar-refractivity contribution in [1.82, 2.24) is 9.55 Å². The maximum Gasteiger partial charge on any atom is 0.330 e. The zero-order chi connectivity index (χ0) is 19.2. The maximum absolute atomic E-state index is 13.6. The molecule has 1 aromatic rings. The second kappa shape index (κ2) is 6.87. The lowest BCUT2D eigenvalue weighted by molar-refractivity contribution is -0.203. The van der Waals surface area contributed by atoms with Gasteiger partial charge in [-0.15, -0.1) is 0 Å². The fraction of sp³-hybridized carbons (Fsp3) is 0.667. The number of carbonyl (C=O) groups is 1. The van der Waals surface area contributed by atoms with Gasteiger partial charge in [0.25, 0.3) is 5.56 Å². The molecule has 1 N–H and O–H groups in total. The number of alkyl halides is 1. The lowest BCUT2D eigenvalue weighted by Gasteiger charge is -2.24. The van der Waals surface area contributed by atoms with E-state index in [0.717, 1.165) is 10.8 Å². The van der Waals surface area contributed by atoms with Crippen LogP contribution in [0.1, 0.15) is 27.0 Å². The lowest BCUT2D eigenvalue weighted by Crippen LogP contribution is -2.38. The smallest absolute Gasteiger partial charge is 0.330 e. The van der Waals surface area contributed by atoms with Crippen LogP contribution in [0.4, 0.5) is 4.39 Å². The van der Waals surface area contributed by atoms with Crippen LogP contribution in [0, 0.1) is 5.82 Å². The third-order valence-electron chi connectivity index (χ3n) is 4.04. The van der Waals surface area contributed by atoms with Crippen molar-refractivity contribution in [3.05, 3.63) is 32.9 Å². The molecule has 0 aromatic carbocycles. The Labute approximate surface area is 155 Å². The highest BCUT2D eigenvalue weighted by atomic mass is 79.9. The minimum atomic E-state index is -1.13. The van der Waals surface area contributed by atoms with Gasteiger partial charge in [-0.25, -0.2) is 4.79 Å². The van der Waals surface area contributed by atoms with Gasteiger partial charge in [0, 0.05) is 0 Å². The van der Waals surface area contributed by atoms with E-state index in [1.807, 2.05) is 4.98 Å². The van der Waals surface area contributed by atoms with E-state index in [9.17, 15) is 18.8 Å². The summed E-state index contributed by atoms with van der Waals surface area (Å²) in [5, 5.41) is 0. The minimum Gasteiger partial charge on any atom is -0.462 e. The number of H-pyrrole nitrogens is 1. The highest BCUT2D eigenvalue weighted by molar-refractivity contribution is 9.10. The zero-order valence-electron chi connectivity index (χ0n) is 14.2. The fourth-order valence-electron chi connectivity index (χ4n) is 2.95. The summed E-state index contributed by atoms with van der Waals surface area (Å²) in [6.07, 6.45) is -2.42. The predicted octanol–water partition coefficient (Wildman–Crippen LogP) is 0.420. The molecule has 0 amide bonds. The zero-order valence-corrected chi connectivity index (χ0v) is 15.8. The molecule has 2 saturated heterocycles. The van der Waals surface area contributed by atoms with Crippen LogP contribution in [0.3, 0.4) is 0 Å². The van der Waals surface area contributed by atoms with Crippen molar-refractivity contribution >= 4 is 21.9 Å². The summed E-state index contributed by atoms with van der Waals surface area (Å²) in [4.78, 5) is 36.3. The number of carbonyl (C=O) groups excluding carboxylic acids is 1. The largest absolute Gasteiger partial charge is 0.462 e. The van der Waals surface area contributed by atoms with Crippen LogP contribution >= 0.6 is 15.9 Å². The fourth-order valence-corrected chi connectivity index (χ4v) is 3.08. The number of hydrogen-bond acceptors (Lipinski definition) is 7. The molecule has 11 heteroatoms. The first-order valence-electron chi connectivity index (χ1n) is 7.92. The quantitative estimate of drug-likeness (QED) is 0.537. The Hall–Kier alpha value is -1.56. The summed E-state index contributed by atoms with van der Waals surface area (Å²) < 4.78 is 37.0.